The van der Waals surface area contributed by atoms with Crippen LogP contribution in [0.1, 0.15) is 19.3 Å². The molecule has 14 heavy (non-hydrogen) atoms. The molecule has 0 atom stereocenters. The van der Waals surface area contributed by atoms with Crippen molar-refractivity contribution in [3.63, 3.8) is 0 Å². The predicted octanol–water partition coefficient (Wildman–Crippen LogP) is -0.454. The van der Waals surface area contributed by atoms with E-state index in [4.69, 9.17) is 5.73 Å². The van der Waals surface area contributed by atoms with Crippen molar-refractivity contribution in [2.75, 3.05) is 26.2 Å². The summed E-state index contributed by atoms with van der Waals surface area (Å²) in [5, 5.41) is 3.29. The van der Waals surface area contributed by atoms with Crippen LogP contribution in [0.2, 0.25) is 0 Å². The van der Waals surface area contributed by atoms with E-state index in [0.717, 1.165) is 45.1 Å². The van der Waals surface area contributed by atoms with Crippen LogP contribution in [0, 0.1) is 5.92 Å². The van der Waals surface area contributed by atoms with Crippen LogP contribution in [-0.4, -0.2) is 43.0 Å². The van der Waals surface area contributed by atoms with Crippen LogP contribution in [0.3, 0.4) is 0 Å². The van der Waals surface area contributed by atoms with E-state index in [9.17, 15) is 4.79 Å². The third-order valence-corrected chi connectivity index (χ3v) is 3.42. The molecule has 2 heterocycles. The fourth-order valence-electron chi connectivity index (χ4n) is 2.34. The smallest absolute Gasteiger partial charge is 0.217 e. The second-order valence-electron chi connectivity index (χ2n) is 4.46. The van der Waals surface area contributed by atoms with Gasteiger partial charge in [-0.05, 0) is 31.8 Å². The quantitative estimate of drug-likeness (QED) is 0.644. The summed E-state index contributed by atoms with van der Waals surface area (Å²) < 4.78 is 0. The van der Waals surface area contributed by atoms with Crippen LogP contribution in [0.4, 0.5) is 0 Å². The molecule has 4 nitrogen and oxygen atoms in total. The number of carbonyl (C=O) groups excluding carboxylic acids is 1. The van der Waals surface area contributed by atoms with E-state index in [0.29, 0.717) is 12.3 Å². The van der Waals surface area contributed by atoms with E-state index in [1.807, 2.05) is 0 Å². The zero-order valence-corrected chi connectivity index (χ0v) is 8.54. The number of hydrogen-bond donors (Lipinski definition) is 2. The molecule has 2 aliphatic heterocycles. The molecule has 0 aliphatic carbocycles. The largest absolute Gasteiger partial charge is 0.370 e. The van der Waals surface area contributed by atoms with Gasteiger partial charge < -0.3 is 11.1 Å². The van der Waals surface area contributed by atoms with Crippen molar-refractivity contribution in [1.29, 1.82) is 0 Å². The van der Waals surface area contributed by atoms with Gasteiger partial charge in [0.15, 0.2) is 0 Å². The van der Waals surface area contributed by atoms with E-state index in [2.05, 4.69) is 10.2 Å². The molecule has 2 aliphatic rings. The molecule has 0 aromatic heterocycles. The zero-order valence-electron chi connectivity index (χ0n) is 8.54. The van der Waals surface area contributed by atoms with Gasteiger partial charge >= 0.3 is 0 Å². The Kier molecular flexibility index (Phi) is 3.03. The van der Waals surface area contributed by atoms with E-state index < -0.39 is 0 Å². The van der Waals surface area contributed by atoms with Gasteiger partial charge in [0.25, 0.3) is 0 Å². The molecule has 0 spiro atoms. The Bertz CT molecular complexity index is 207. The molecule has 80 valence electrons. The fourth-order valence-corrected chi connectivity index (χ4v) is 2.34. The molecule has 0 bridgehead atoms. The van der Waals surface area contributed by atoms with Gasteiger partial charge in [-0.1, -0.05) is 0 Å². The first-order chi connectivity index (χ1) is 6.75. The SMILES string of the molecule is NC(=O)CC1CCN(C2CNC2)CC1. The minimum atomic E-state index is -0.145. The first kappa shape index (κ1) is 9.93. The Hall–Kier alpha value is -0.610. The Labute approximate surface area is 84.8 Å². The third kappa shape index (κ3) is 2.25. The third-order valence-electron chi connectivity index (χ3n) is 3.42. The van der Waals surface area contributed by atoms with Gasteiger partial charge in [-0.2, -0.15) is 0 Å². The van der Waals surface area contributed by atoms with Crippen molar-refractivity contribution >= 4 is 5.91 Å². The number of hydrogen-bond acceptors (Lipinski definition) is 3. The number of nitrogens with zero attached hydrogens (tertiary/aromatic N) is 1. The minimum absolute atomic E-state index is 0.145. The van der Waals surface area contributed by atoms with Crippen molar-refractivity contribution in [2.24, 2.45) is 11.7 Å². The minimum Gasteiger partial charge on any atom is -0.370 e. The molecule has 0 unspecified atom stereocenters. The first-order valence-electron chi connectivity index (χ1n) is 5.49. The topological polar surface area (TPSA) is 58.4 Å². The van der Waals surface area contributed by atoms with E-state index in [-0.39, 0.29) is 5.91 Å². The summed E-state index contributed by atoms with van der Waals surface area (Å²) in [6.07, 6.45) is 2.86. The van der Waals surface area contributed by atoms with Gasteiger partial charge in [0.2, 0.25) is 5.91 Å². The molecule has 2 rings (SSSR count). The van der Waals surface area contributed by atoms with Gasteiger partial charge in [0.1, 0.15) is 0 Å². The number of primary amides is 1. The van der Waals surface area contributed by atoms with Gasteiger partial charge in [-0.15, -0.1) is 0 Å². The van der Waals surface area contributed by atoms with Crippen LogP contribution in [0.5, 0.6) is 0 Å². The molecule has 2 fully saturated rings. The number of piperidine rings is 1. The lowest BCUT2D eigenvalue weighted by molar-refractivity contribution is -0.119. The van der Waals surface area contributed by atoms with Gasteiger partial charge in [-0.3, -0.25) is 9.69 Å². The Morgan fingerprint density at radius 1 is 1.36 bits per heavy atom. The highest BCUT2D eigenvalue weighted by atomic mass is 16.1. The Morgan fingerprint density at radius 3 is 2.43 bits per heavy atom. The molecule has 0 saturated carbocycles. The number of amides is 1. The summed E-state index contributed by atoms with van der Waals surface area (Å²) in [5.41, 5.74) is 5.19. The zero-order chi connectivity index (χ0) is 9.97. The van der Waals surface area contributed by atoms with Crippen molar-refractivity contribution in [3.8, 4) is 0 Å². The highest BCUT2D eigenvalue weighted by Crippen LogP contribution is 2.22. The van der Waals surface area contributed by atoms with Crippen LogP contribution in [-0.2, 0) is 4.79 Å². The predicted molar refractivity (Wildman–Crippen MR) is 54.8 cm³/mol. The van der Waals surface area contributed by atoms with E-state index in [1.165, 1.54) is 0 Å². The Morgan fingerprint density at radius 2 is 2.00 bits per heavy atom. The lowest BCUT2D eigenvalue weighted by Gasteiger charge is -2.42. The molecular formula is C10H19N3O. The standard InChI is InChI=1S/C10H19N3O/c11-10(14)5-8-1-3-13(4-2-8)9-6-12-7-9/h8-9,12H,1-7H2,(H2,11,14). The molecule has 3 N–H and O–H groups in total. The number of rotatable bonds is 3. The lowest BCUT2D eigenvalue weighted by Crippen LogP contribution is -2.58. The molecule has 0 aromatic rings. The number of nitrogens with two attached hydrogens (primary N) is 1. The second-order valence-corrected chi connectivity index (χ2v) is 4.46. The van der Waals surface area contributed by atoms with Crippen LogP contribution >= 0.6 is 0 Å². The average molecular weight is 197 g/mol. The number of nitrogens with one attached hydrogen (secondary N) is 1. The van der Waals surface area contributed by atoms with Gasteiger partial charge in [0.05, 0.1) is 0 Å². The summed E-state index contributed by atoms with van der Waals surface area (Å²) in [7, 11) is 0. The van der Waals surface area contributed by atoms with Gasteiger partial charge in [0, 0.05) is 25.6 Å². The first-order valence-corrected chi connectivity index (χ1v) is 5.49. The molecule has 4 heteroatoms. The molecule has 2 saturated heterocycles. The summed E-state index contributed by atoms with van der Waals surface area (Å²) >= 11 is 0. The normalized spacial score (nSPS) is 26.0. The summed E-state index contributed by atoms with van der Waals surface area (Å²) in [6.45, 7) is 4.57. The molecule has 1 amide bonds. The van der Waals surface area contributed by atoms with Crippen molar-refractivity contribution < 1.29 is 4.79 Å². The lowest BCUT2D eigenvalue weighted by atomic mass is 9.92. The monoisotopic (exact) mass is 197 g/mol. The fraction of sp³-hybridized carbons (Fsp3) is 0.900. The number of carbonyl (C=O) groups is 1. The highest BCUT2D eigenvalue weighted by molar-refractivity contribution is 5.73. The second kappa shape index (κ2) is 4.28. The maximum Gasteiger partial charge on any atom is 0.217 e. The van der Waals surface area contributed by atoms with Crippen molar-refractivity contribution in [1.82, 2.24) is 10.2 Å². The van der Waals surface area contributed by atoms with E-state index >= 15 is 0 Å². The van der Waals surface area contributed by atoms with Crippen LogP contribution in [0.15, 0.2) is 0 Å². The summed E-state index contributed by atoms with van der Waals surface area (Å²) in [4.78, 5) is 13.3. The number of likely N-dealkylation sites (tertiary alicyclic amines) is 1. The molecule has 0 radical (unpaired) electrons. The van der Waals surface area contributed by atoms with Crippen LogP contribution < -0.4 is 11.1 Å². The van der Waals surface area contributed by atoms with Crippen LogP contribution in [0.25, 0.3) is 0 Å². The maximum atomic E-state index is 10.7. The highest BCUT2D eigenvalue weighted by Gasteiger charge is 2.28. The average Bonchev–Trinajstić information content (AvgIpc) is 2.04. The van der Waals surface area contributed by atoms with Gasteiger partial charge in [-0.25, -0.2) is 0 Å². The summed E-state index contributed by atoms with van der Waals surface area (Å²) in [5.74, 6) is 0.394. The molecule has 0 aromatic carbocycles. The molecular weight excluding hydrogens is 178 g/mol. The van der Waals surface area contributed by atoms with E-state index in [1.54, 1.807) is 0 Å². The Balaban J connectivity index is 1.71. The maximum absolute atomic E-state index is 10.7. The van der Waals surface area contributed by atoms with Crippen molar-refractivity contribution in [2.45, 2.75) is 25.3 Å². The van der Waals surface area contributed by atoms with Crippen molar-refractivity contribution in [3.05, 3.63) is 0 Å². The summed E-state index contributed by atoms with van der Waals surface area (Å²) in [6, 6.07) is 0.754.